The summed E-state index contributed by atoms with van der Waals surface area (Å²) in [7, 11) is 7.26. The lowest BCUT2D eigenvalue weighted by Crippen LogP contribution is -2.25. The quantitative estimate of drug-likeness (QED) is 0.263. The van der Waals surface area contributed by atoms with Gasteiger partial charge in [-0.15, -0.1) is 0 Å². The fraction of sp³-hybridized carbons (Fsp3) is 0.182. The monoisotopic (exact) mass is 437 g/mol. The van der Waals surface area contributed by atoms with Gasteiger partial charge in [0.15, 0.2) is 0 Å². The summed E-state index contributed by atoms with van der Waals surface area (Å²) in [5.41, 5.74) is 3.19. The van der Waals surface area contributed by atoms with E-state index in [0.717, 1.165) is 22.2 Å². The zero-order chi connectivity index (χ0) is 21.2. The molecule has 0 aliphatic heterocycles. The molecule has 1 N–H and O–H groups in total. The van der Waals surface area contributed by atoms with Crippen LogP contribution < -0.4 is 10.2 Å². The van der Waals surface area contributed by atoms with Gasteiger partial charge in [-0.05, 0) is 71.5 Å². The molecule has 8 heteroatoms. The molecule has 0 bridgehead atoms. The Morgan fingerprint density at radius 3 is 2.23 bits per heavy atom. The molecule has 0 radical (unpaired) electrons. The number of carbonyl (C=O) groups excluding carboxylic acids is 1. The Bertz CT molecular complexity index is 961. The average molecular weight is 438 g/mol. The lowest BCUT2D eigenvalue weighted by Gasteiger charge is -2.11. The van der Waals surface area contributed by atoms with E-state index < -0.39 is 0 Å². The van der Waals surface area contributed by atoms with Crippen LogP contribution in [0, 0.1) is 0 Å². The summed E-state index contributed by atoms with van der Waals surface area (Å²) in [5.74, 6) is 0.701. The van der Waals surface area contributed by atoms with Gasteiger partial charge in [-0.2, -0.15) is 10.2 Å². The van der Waals surface area contributed by atoms with E-state index in [1.165, 1.54) is 0 Å². The molecule has 1 amide bonds. The number of amides is 1. The smallest absolute Gasteiger partial charge is 0.251 e. The Kier molecular flexibility index (Phi) is 8.29. The second-order valence-corrected chi connectivity index (χ2v) is 8.92. The van der Waals surface area contributed by atoms with Crippen LogP contribution in [0.15, 0.2) is 88.2 Å². The Hall–Kier alpha value is -2.84. The minimum Gasteiger partial charge on any atom is -0.378 e. The number of nitrogens with one attached hydrogen (secondary N) is 1. The number of azo groups is 1. The molecule has 0 atom stereocenters. The van der Waals surface area contributed by atoms with Crippen LogP contribution in [-0.2, 0) is 0 Å². The average Bonchev–Trinajstić information content (AvgIpc) is 2.78. The predicted molar refractivity (Wildman–Crippen MR) is 126 cm³/mol. The minimum atomic E-state index is -0.0961. The molecular weight excluding hydrogens is 414 g/mol. The summed E-state index contributed by atoms with van der Waals surface area (Å²) in [5, 5.41) is 12.4. The highest BCUT2D eigenvalue weighted by Gasteiger charge is 2.05. The van der Waals surface area contributed by atoms with Crippen LogP contribution in [0.2, 0.25) is 0 Å². The van der Waals surface area contributed by atoms with Crippen molar-refractivity contribution in [1.29, 1.82) is 0 Å². The Balaban J connectivity index is 1.43. The number of rotatable bonds is 9. The van der Waals surface area contributed by atoms with Gasteiger partial charge in [0.1, 0.15) is 5.03 Å². The first-order chi connectivity index (χ1) is 14.6. The molecule has 154 valence electrons. The van der Waals surface area contributed by atoms with Crippen molar-refractivity contribution in [2.24, 2.45) is 10.2 Å². The molecule has 0 saturated heterocycles. The number of aromatic nitrogens is 1. The zero-order valence-corrected chi connectivity index (χ0v) is 18.5. The van der Waals surface area contributed by atoms with Gasteiger partial charge in [0, 0.05) is 43.8 Å². The maximum atomic E-state index is 12.3. The second kappa shape index (κ2) is 11.4. The van der Waals surface area contributed by atoms with Crippen LogP contribution in [0.1, 0.15) is 10.4 Å². The molecule has 30 heavy (non-hydrogen) atoms. The zero-order valence-electron chi connectivity index (χ0n) is 16.9. The van der Waals surface area contributed by atoms with Crippen molar-refractivity contribution in [3.05, 3.63) is 78.5 Å². The van der Waals surface area contributed by atoms with Gasteiger partial charge in [0.25, 0.3) is 5.91 Å². The van der Waals surface area contributed by atoms with Crippen LogP contribution in [0.5, 0.6) is 0 Å². The molecule has 1 heterocycles. The molecule has 0 unspecified atom stereocenters. The van der Waals surface area contributed by atoms with E-state index in [0.29, 0.717) is 17.8 Å². The highest BCUT2D eigenvalue weighted by Crippen LogP contribution is 2.28. The number of anilines is 1. The summed E-state index contributed by atoms with van der Waals surface area (Å²) in [6.45, 7) is 0.591. The Labute approximate surface area is 184 Å². The Morgan fingerprint density at radius 1 is 0.967 bits per heavy atom. The van der Waals surface area contributed by atoms with Crippen LogP contribution in [-0.4, -0.2) is 37.3 Å². The minimum absolute atomic E-state index is 0.0961. The lowest BCUT2D eigenvalue weighted by atomic mass is 10.2. The summed E-state index contributed by atoms with van der Waals surface area (Å²) in [6.07, 6.45) is 1.77. The highest BCUT2D eigenvalue weighted by molar-refractivity contribution is 8.76. The van der Waals surface area contributed by atoms with Crippen molar-refractivity contribution in [2.75, 3.05) is 31.3 Å². The van der Waals surface area contributed by atoms with Gasteiger partial charge < -0.3 is 10.2 Å². The van der Waals surface area contributed by atoms with Crippen LogP contribution in [0.3, 0.4) is 0 Å². The summed E-state index contributed by atoms with van der Waals surface area (Å²) >= 11 is 0. The third-order valence-corrected chi connectivity index (χ3v) is 6.30. The van der Waals surface area contributed by atoms with E-state index in [1.807, 2.05) is 61.5 Å². The first-order valence-corrected chi connectivity index (χ1v) is 11.7. The van der Waals surface area contributed by atoms with E-state index in [1.54, 1.807) is 52.1 Å². The molecule has 0 aliphatic carbocycles. The number of benzene rings is 2. The SMILES string of the molecule is CN(C)c1ccc(N=Nc2ccc(C(=O)NCCSSc3ccccn3)cc2)cc1. The fourth-order valence-electron chi connectivity index (χ4n) is 2.42. The van der Waals surface area contributed by atoms with Gasteiger partial charge in [-0.25, -0.2) is 4.98 Å². The van der Waals surface area contributed by atoms with Crippen molar-refractivity contribution in [3.8, 4) is 0 Å². The third-order valence-electron chi connectivity index (χ3n) is 4.03. The van der Waals surface area contributed by atoms with Gasteiger partial charge >= 0.3 is 0 Å². The molecule has 0 spiro atoms. The van der Waals surface area contributed by atoms with E-state index in [-0.39, 0.29) is 5.91 Å². The van der Waals surface area contributed by atoms with Gasteiger partial charge in [-0.3, -0.25) is 4.79 Å². The second-order valence-electron chi connectivity index (χ2n) is 6.49. The molecule has 1 aromatic heterocycles. The number of pyridine rings is 1. The summed E-state index contributed by atoms with van der Waals surface area (Å²) < 4.78 is 0. The van der Waals surface area contributed by atoms with Gasteiger partial charge in [0.2, 0.25) is 0 Å². The largest absolute Gasteiger partial charge is 0.378 e. The maximum absolute atomic E-state index is 12.3. The van der Waals surface area contributed by atoms with Crippen molar-refractivity contribution < 1.29 is 4.79 Å². The maximum Gasteiger partial charge on any atom is 0.251 e. The highest BCUT2D eigenvalue weighted by atomic mass is 33.1. The molecule has 6 nitrogen and oxygen atoms in total. The Morgan fingerprint density at radius 2 is 1.63 bits per heavy atom. The molecular formula is C22H23N5OS2. The first-order valence-electron chi connectivity index (χ1n) is 9.40. The van der Waals surface area contributed by atoms with E-state index in [2.05, 4.69) is 20.5 Å². The van der Waals surface area contributed by atoms with E-state index >= 15 is 0 Å². The summed E-state index contributed by atoms with van der Waals surface area (Å²) in [4.78, 5) is 18.5. The lowest BCUT2D eigenvalue weighted by molar-refractivity contribution is 0.0956. The van der Waals surface area contributed by atoms with Crippen LogP contribution >= 0.6 is 21.6 Å². The van der Waals surface area contributed by atoms with Crippen molar-refractivity contribution in [2.45, 2.75) is 5.03 Å². The number of nitrogens with zero attached hydrogens (tertiary/aromatic N) is 4. The predicted octanol–water partition coefficient (Wildman–Crippen LogP) is 5.73. The topological polar surface area (TPSA) is 70.0 Å². The molecule has 3 rings (SSSR count). The third kappa shape index (κ3) is 6.89. The molecule has 0 aliphatic rings. The fourth-order valence-corrected chi connectivity index (χ4v) is 4.20. The first kappa shape index (κ1) is 21.9. The molecule has 3 aromatic rings. The van der Waals surface area contributed by atoms with E-state index in [4.69, 9.17) is 0 Å². The number of carbonyl (C=O) groups is 1. The van der Waals surface area contributed by atoms with Gasteiger partial charge in [-0.1, -0.05) is 16.9 Å². The number of hydrogen-bond acceptors (Lipinski definition) is 7. The van der Waals surface area contributed by atoms with Gasteiger partial charge in [0.05, 0.1) is 11.4 Å². The van der Waals surface area contributed by atoms with Crippen molar-refractivity contribution >= 4 is 44.6 Å². The molecule has 2 aromatic carbocycles. The van der Waals surface area contributed by atoms with Crippen molar-refractivity contribution in [3.63, 3.8) is 0 Å². The van der Waals surface area contributed by atoms with Crippen LogP contribution in [0.4, 0.5) is 17.1 Å². The van der Waals surface area contributed by atoms with Crippen LogP contribution in [0.25, 0.3) is 0 Å². The van der Waals surface area contributed by atoms with Crippen molar-refractivity contribution in [1.82, 2.24) is 10.3 Å². The molecule has 0 fully saturated rings. The molecule has 0 saturated carbocycles. The number of hydrogen-bond donors (Lipinski definition) is 1. The van der Waals surface area contributed by atoms with E-state index in [9.17, 15) is 4.79 Å². The summed E-state index contributed by atoms with van der Waals surface area (Å²) in [6, 6.07) is 20.7. The normalized spacial score (nSPS) is 10.9. The standard InChI is InChI=1S/C22H23N5OS2/c1-27(2)20-12-10-19(11-13-20)26-25-18-8-6-17(7-9-18)22(28)24-15-16-29-30-21-5-3-4-14-23-21/h3-14H,15-16H2,1-2H3,(H,24,28).